The van der Waals surface area contributed by atoms with Crippen molar-refractivity contribution in [3.63, 3.8) is 0 Å². The van der Waals surface area contributed by atoms with Crippen molar-refractivity contribution in [1.82, 2.24) is 20.2 Å². The molecule has 1 N–H and O–H groups in total. The van der Waals surface area contributed by atoms with E-state index in [0.29, 0.717) is 19.1 Å². The molecule has 0 unspecified atom stereocenters. The van der Waals surface area contributed by atoms with Crippen molar-refractivity contribution in [2.75, 3.05) is 13.1 Å². The van der Waals surface area contributed by atoms with Gasteiger partial charge < -0.3 is 15.0 Å². The van der Waals surface area contributed by atoms with Crippen molar-refractivity contribution in [2.45, 2.75) is 32.4 Å². The second-order valence-corrected chi connectivity index (χ2v) is 7.61. The van der Waals surface area contributed by atoms with E-state index in [1.165, 1.54) is 0 Å². The summed E-state index contributed by atoms with van der Waals surface area (Å²) >= 11 is 0. The van der Waals surface area contributed by atoms with Crippen molar-refractivity contribution in [2.24, 2.45) is 0 Å². The number of carbonyl (C=O) groups is 1. The monoisotopic (exact) mass is 402 g/mol. The lowest BCUT2D eigenvalue weighted by atomic mass is 9.99. The minimum absolute atomic E-state index is 0.0971. The molecule has 1 aromatic heterocycles. The molecule has 154 valence electrons. The van der Waals surface area contributed by atoms with Gasteiger partial charge in [0, 0.05) is 24.4 Å². The normalized spacial score (nSPS) is 16.0. The Labute approximate surface area is 176 Å². The molecule has 2 amide bonds. The Morgan fingerprint density at radius 2 is 1.57 bits per heavy atom. The molecule has 6 heteroatoms. The topological polar surface area (TPSA) is 67.3 Å². The van der Waals surface area contributed by atoms with Crippen molar-refractivity contribution >= 4 is 6.03 Å². The van der Waals surface area contributed by atoms with Gasteiger partial charge in [-0.1, -0.05) is 60.7 Å². The average Bonchev–Trinajstić information content (AvgIpc) is 3.21. The first kappa shape index (κ1) is 19.9. The van der Waals surface area contributed by atoms with Gasteiger partial charge in [-0.15, -0.1) is 0 Å². The van der Waals surface area contributed by atoms with Crippen LogP contribution >= 0.6 is 0 Å². The Hall–Kier alpha value is -3.41. The molecule has 1 aliphatic rings. The molecule has 0 aliphatic carbocycles. The Kier molecular flexibility index (Phi) is 5.93. The number of urea groups is 1. The zero-order valence-corrected chi connectivity index (χ0v) is 17.3. The zero-order chi connectivity index (χ0) is 20.9. The molecule has 4 rings (SSSR count). The van der Waals surface area contributed by atoms with Gasteiger partial charge in [0.15, 0.2) is 0 Å². The first-order valence-electron chi connectivity index (χ1n) is 10.2. The second kappa shape index (κ2) is 8.95. The number of likely N-dealkylation sites (tertiary alicyclic amines) is 1. The zero-order valence-electron chi connectivity index (χ0n) is 17.3. The van der Waals surface area contributed by atoms with Crippen molar-refractivity contribution in [3.05, 3.63) is 89.2 Å². The van der Waals surface area contributed by atoms with Crippen LogP contribution in [0.5, 0.6) is 6.01 Å². The van der Waals surface area contributed by atoms with E-state index in [2.05, 4.69) is 15.3 Å². The Morgan fingerprint density at radius 1 is 1.00 bits per heavy atom. The van der Waals surface area contributed by atoms with E-state index in [1.54, 1.807) is 4.90 Å². The van der Waals surface area contributed by atoms with Crippen LogP contribution in [0.4, 0.5) is 4.79 Å². The van der Waals surface area contributed by atoms with Crippen molar-refractivity contribution < 1.29 is 9.53 Å². The molecule has 0 radical (unpaired) electrons. The summed E-state index contributed by atoms with van der Waals surface area (Å²) in [7, 11) is 0. The van der Waals surface area contributed by atoms with Gasteiger partial charge in [0.2, 0.25) is 0 Å². The summed E-state index contributed by atoms with van der Waals surface area (Å²) in [5.41, 5.74) is 3.85. The van der Waals surface area contributed by atoms with Crippen LogP contribution in [-0.2, 0) is 0 Å². The van der Waals surface area contributed by atoms with Crippen molar-refractivity contribution in [3.8, 4) is 6.01 Å². The van der Waals surface area contributed by atoms with E-state index >= 15 is 0 Å². The molecule has 2 aromatic carbocycles. The highest BCUT2D eigenvalue weighted by Gasteiger charge is 2.30. The number of benzene rings is 2. The van der Waals surface area contributed by atoms with Crippen LogP contribution in [0.25, 0.3) is 0 Å². The fraction of sp³-hybridized carbons (Fsp3) is 0.292. The number of amides is 2. The van der Waals surface area contributed by atoms with E-state index in [1.807, 2.05) is 80.6 Å². The smallest absolute Gasteiger partial charge is 0.318 e. The second-order valence-electron chi connectivity index (χ2n) is 7.61. The summed E-state index contributed by atoms with van der Waals surface area (Å²) in [6.45, 7) is 4.99. The summed E-state index contributed by atoms with van der Waals surface area (Å²) < 4.78 is 5.95. The van der Waals surface area contributed by atoms with E-state index in [0.717, 1.165) is 28.9 Å². The lowest BCUT2D eigenvalue weighted by Gasteiger charge is -2.24. The van der Waals surface area contributed by atoms with E-state index in [9.17, 15) is 4.79 Å². The third-order valence-electron chi connectivity index (χ3n) is 5.20. The molecule has 2 heterocycles. The van der Waals surface area contributed by atoms with Gasteiger partial charge in [0.1, 0.15) is 6.10 Å². The van der Waals surface area contributed by atoms with Crippen LogP contribution in [0.15, 0.2) is 66.7 Å². The van der Waals surface area contributed by atoms with Gasteiger partial charge in [0.25, 0.3) is 0 Å². The lowest BCUT2D eigenvalue weighted by Crippen LogP contribution is -2.41. The maximum atomic E-state index is 13.0. The van der Waals surface area contributed by atoms with Crippen LogP contribution < -0.4 is 10.1 Å². The van der Waals surface area contributed by atoms with E-state index < -0.39 is 0 Å². The maximum Gasteiger partial charge on any atom is 0.318 e. The number of rotatable bonds is 5. The van der Waals surface area contributed by atoms with Crippen LogP contribution in [0.2, 0.25) is 0 Å². The standard InChI is InChI=1S/C24H26N4O2/c1-17-15-18(2)26-23(25-17)30-21-13-14-28(16-21)24(29)27-22(19-9-5-3-6-10-19)20-11-7-4-8-12-20/h3-12,15,21-22H,13-14,16H2,1-2H3,(H,27,29)/t21-/m0/s1. The van der Waals surface area contributed by atoms with Gasteiger partial charge in [0.05, 0.1) is 12.6 Å². The minimum Gasteiger partial charge on any atom is -0.458 e. The van der Waals surface area contributed by atoms with Crippen LogP contribution in [0.3, 0.4) is 0 Å². The van der Waals surface area contributed by atoms with E-state index in [-0.39, 0.29) is 18.2 Å². The van der Waals surface area contributed by atoms with Gasteiger partial charge in [-0.25, -0.2) is 14.8 Å². The number of aryl methyl sites for hydroxylation is 2. The molecule has 1 aliphatic heterocycles. The first-order chi connectivity index (χ1) is 14.6. The number of nitrogens with zero attached hydrogens (tertiary/aromatic N) is 3. The van der Waals surface area contributed by atoms with Gasteiger partial charge in [-0.2, -0.15) is 0 Å². The maximum absolute atomic E-state index is 13.0. The molecule has 0 bridgehead atoms. The molecule has 30 heavy (non-hydrogen) atoms. The quantitative estimate of drug-likeness (QED) is 0.699. The first-order valence-corrected chi connectivity index (χ1v) is 10.2. The highest BCUT2D eigenvalue weighted by Crippen LogP contribution is 2.23. The van der Waals surface area contributed by atoms with Crippen molar-refractivity contribution in [1.29, 1.82) is 0 Å². The fourth-order valence-electron chi connectivity index (χ4n) is 3.77. The number of nitrogens with one attached hydrogen (secondary N) is 1. The number of carbonyl (C=O) groups excluding carboxylic acids is 1. The highest BCUT2D eigenvalue weighted by molar-refractivity contribution is 5.75. The van der Waals surface area contributed by atoms with Gasteiger partial charge >= 0.3 is 12.0 Å². The molecule has 3 aromatic rings. The summed E-state index contributed by atoms with van der Waals surface area (Å²) in [6.07, 6.45) is 0.648. The molecule has 1 fully saturated rings. The van der Waals surface area contributed by atoms with E-state index in [4.69, 9.17) is 4.74 Å². The van der Waals surface area contributed by atoms with Crippen LogP contribution in [0, 0.1) is 13.8 Å². The number of hydrogen-bond donors (Lipinski definition) is 1. The molecular weight excluding hydrogens is 376 g/mol. The van der Waals surface area contributed by atoms with Crippen LogP contribution in [0.1, 0.15) is 35.0 Å². The number of ether oxygens (including phenoxy) is 1. The number of hydrogen-bond acceptors (Lipinski definition) is 4. The number of aromatic nitrogens is 2. The fourth-order valence-corrected chi connectivity index (χ4v) is 3.77. The lowest BCUT2D eigenvalue weighted by molar-refractivity contribution is 0.177. The molecule has 6 nitrogen and oxygen atoms in total. The molecule has 1 saturated heterocycles. The molecule has 0 spiro atoms. The van der Waals surface area contributed by atoms with Crippen LogP contribution in [-0.4, -0.2) is 40.1 Å². The average molecular weight is 402 g/mol. The Balaban J connectivity index is 1.43. The third-order valence-corrected chi connectivity index (χ3v) is 5.20. The third kappa shape index (κ3) is 4.76. The summed E-state index contributed by atoms with van der Waals surface area (Å²) in [5, 5.41) is 3.19. The predicted octanol–water partition coefficient (Wildman–Crippen LogP) is 4.05. The summed E-state index contributed by atoms with van der Waals surface area (Å²) in [4.78, 5) is 23.5. The summed E-state index contributed by atoms with van der Waals surface area (Å²) in [5.74, 6) is 0. The molecular formula is C24H26N4O2. The predicted molar refractivity (Wildman–Crippen MR) is 115 cm³/mol. The minimum atomic E-state index is -0.206. The largest absolute Gasteiger partial charge is 0.458 e. The molecule has 1 atom stereocenters. The SMILES string of the molecule is Cc1cc(C)nc(O[C@H]2CCN(C(=O)NC(c3ccccc3)c3ccccc3)C2)n1. The summed E-state index contributed by atoms with van der Waals surface area (Å²) in [6, 6.07) is 22.0. The molecule has 0 saturated carbocycles. The highest BCUT2D eigenvalue weighted by atomic mass is 16.5. The Bertz CT molecular complexity index is 935. The van der Waals surface area contributed by atoms with Gasteiger partial charge in [-0.05, 0) is 31.0 Å². The Morgan fingerprint density at radius 3 is 2.13 bits per heavy atom. The van der Waals surface area contributed by atoms with Gasteiger partial charge in [-0.3, -0.25) is 0 Å².